The predicted molar refractivity (Wildman–Crippen MR) is 109 cm³/mol. The van der Waals surface area contributed by atoms with E-state index in [0.717, 1.165) is 0 Å². The maximum atomic E-state index is 11.7. The van der Waals surface area contributed by atoms with Gasteiger partial charge >= 0.3 is 6.03 Å². The van der Waals surface area contributed by atoms with Crippen LogP contribution in [0.1, 0.15) is 6.92 Å². The molecule has 2 amide bonds. The van der Waals surface area contributed by atoms with E-state index in [4.69, 9.17) is 5.14 Å². The summed E-state index contributed by atoms with van der Waals surface area (Å²) < 4.78 is 48.1. The third-order valence-electron chi connectivity index (χ3n) is 2.80. The van der Waals surface area contributed by atoms with E-state index in [-0.39, 0.29) is 9.79 Å². The number of carbonyl (C=O) groups excluding carboxylic acids is 1. The van der Waals surface area contributed by atoms with Crippen LogP contribution in [0.5, 0.6) is 0 Å². The van der Waals surface area contributed by atoms with E-state index in [2.05, 4.69) is 37.2 Å². The van der Waals surface area contributed by atoms with Gasteiger partial charge < -0.3 is 5.32 Å². The van der Waals surface area contributed by atoms with Crippen molar-refractivity contribution in [3.8, 4) is 0 Å². The first-order valence-corrected chi connectivity index (χ1v) is 11.9. The molecule has 0 aliphatic rings. The van der Waals surface area contributed by atoms with Crippen molar-refractivity contribution in [2.24, 2.45) is 5.14 Å². The van der Waals surface area contributed by atoms with E-state index in [1.807, 2.05) is 4.72 Å². The maximum Gasteiger partial charge on any atom is 0.328 e. The van der Waals surface area contributed by atoms with Crippen molar-refractivity contribution in [3.63, 3.8) is 0 Å². The van der Waals surface area contributed by atoms with Crippen LogP contribution in [0, 0.1) is 0 Å². The molecule has 0 heterocycles. The zero-order valence-electron chi connectivity index (χ0n) is 14.0. The molecule has 0 saturated heterocycles. The average molecular weight is 543 g/mol. The average Bonchev–Trinajstić information content (AvgIpc) is 2.54. The van der Waals surface area contributed by atoms with Gasteiger partial charge in [0.25, 0.3) is 10.0 Å². The number of carbonyl (C=O) groups is 1. The molecule has 2 rings (SSSR count). The van der Waals surface area contributed by atoms with Crippen LogP contribution in [-0.4, -0.2) is 29.4 Å². The van der Waals surface area contributed by atoms with Crippen LogP contribution in [-0.2, 0) is 20.0 Å². The van der Waals surface area contributed by atoms with Crippen molar-refractivity contribution in [2.45, 2.75) is 16.7 Å². The van der Waals surface area contributed by atoms with E-state index >= 15 is 0 Å². The first-order chi connectivity index (χ1) is 12.5. The zero-order chi connectivity index (χ0) is 20.7. The molecule has 0 saturated carbocycles. The van der Waals surface area contributed by atoms with Gasteiger partial charge in [0.05, 0.1) is 9.79 Å². The molecule has 2 aromatic rings. The Morgan fingerprint density at radius 3 is 1.85 bits per heavy atom. The van der Waals surface area contributed by atoms with Gasteiger partial charge in [-0.15, -0.1) is 0 Å². The fourth-order valence-electron chi connectivity index (χ4n) is 1.66. The summed E-state index contributed by atoms with van der Waals surface area (Å²) in [7, 11) is -7.35. The Bertz CT molecular complexity index is 1010. The quantitative estimate of drug-likeness (QED) is 0.545. The molecule has 0 aliphatic heterocycles. The smallest absolute Gasteiger partial charge is 0.328 e. The van der Waals surface area contributed by atoms with E-state index in [1.165, 1.54) is 24.3 Å². The van der Waals surface area contributed by atoms with Crippen molar-refractivity contribution < 1.29 is 21.6 Å². The first-order valence-electron chi connectivity index (χ1n) is 7.30. The van der Waals surface area contributed by atoms with E-state index in [1.54, 1.807) is 31.2 Å². The van der Waals surface area contributed by atoms with Crippen molar-refractivity contribution in [3.05, 3.63) is 57.5 Å². The molecule has 0 spiro atoms. The molecule has 0 bridgehead atoms. The highest BCUT2D eigenvalue weighted by molar-refractivity contribution is 9.10. The molecule has 148 valence electrons. The molecule has 0 unspecified atom stereocenters. The van der Waals surface area contributed by atoms with Gasteiger partial charge in [-0.25, -0.2) is 31.5 Å². The minimum atomic E-state index is -3.80. The second-order valence-electron chi connectivity index (χ2n) is 4.92. The van der Waals surface area contributed by atoms with Gasteiger partial charge in [-0.2, -0.15) is 0 Å². The number of amides is 2. The molecule has 27 heavy (non-hydrogen) atoms. The lowest BCUT2D eigenvalue weighted by Gasteiger charge is -2.07. The number of urea groups is 1. The largest absolute Gasteiger partial charge is 0.338 e. The molecule has 0 aromatic heterocycles. The Labute approximate surface area is 174 Å². The fraction of sp³-hybridized carbons (Fsp3) is 0.133. The van der Waals surface area contributed by atoms with Crippen molar-refractivity contribution in [2.75, 3.05) is 6.54 Å². The Morgan fingerprint density at radius 1 is 0.963 bits per heavy atom. The van der Waals surface area contributed by atoms with E-state index in [0.29, 0.717) is 15.5 Å². The summed E-state index contributed by atoms with van der Waals surface area (Å²) >= 11 is 6.29. The molecule has 0 radical (unpaired) electrons. The molecule has 2 aromatic carbocycles. The third-order valence-corrected chi connectivity index (χ3v) is 6.02. The molecular weight excluding hydrogens is 526 g/mol. The van der Waals surface area contributed by atoms with Gasteiger partial charge in [-0.05, 0) is 43.3 Å². The van der Waals surface area contributed by atoms with E-state index in [9.17, 15) is 21.6 Å². The number of hydrogen-bond acceptors (Lipinski definition) is 5. The summed E-state index contributed by atoms with van der Waals surface area (Å²) in [5.41, 5.74) is 0. The Morgan fingerprint density at radius 2 is 1.44 bits per heavy atom. The summed E-state index contributed by atoms with van der Waals surface area (Å²) in [6, 6.07) is 11.6. The van der Waals surface area contributed by atoms with Gasteiger partial charge in [0.15, 0.2) is 0 Å². The number of halogens is 2. The minimum absolute atomic E-state index is 0.0353. The lowest BCUT2D eigenvalue weighted by Crippen LogP contribution is -2.39. The topological polar surface area (TPSA) is 135 Å². The monoisotopic (exact) mass is 541 g/mol. The number of primary sulfonamides is 1. The maximum absolute atomic E-state index is 11.7. The fourth-order valence-corrected chi connectivity index (χ4v) is 4.29. The number of benzene rings is 2. The number of rotatable bonds is 4. The minimum Gasteiger partial charge on any atom is -0.338 e. The number of hydrogen-bond donors (Lipinski definition) is 3. The third kappa shape index (κ3) is 8.39. The number of nitrogens with one attached hydrogen (secondary N) is 2. The summed E-state index contributed by atoms with van der Waals surface area (Å²) in [6.07, 6.45) is 0. The van der Waals surface area contributed by atoms with Crippen LogP contribution in [0.2, 0.25) is 0 Å². The summed E-state index contributed by atoms with van der Waals surface area (Å²) in [5.74, 6) is 0. The van der Waals surface area contributed by atoms with Crippen LogP contribution >= 0.6 is 31.9 Å². The lowest BCUT2D eigenvalue weighted by molar-refractivity contribution is 0.246. The molecule has 0 aliphatic carbocycles. The highest BCUT2D eigenvalue weighted by Gasteiger charge is 2.16. The predicted octanol–water partition coefficient (Wildman–Crippen LogP) is 2.55. The Balaban J connectivity index is 0.000000289. The Kier molecular flexibility index (Phi) is 8.88. The first kappa shape index (κ1) is 23.6. The molecular formula is C15H17Br2N3O5S2. The summed E-state index contributed by atoms with van der Waals surface area (Å²) in [4.78, 5) is 11.3. The standard InChI is InChI=1S/C9H11BrN2O3S.C6H6BrNO2S/c1-2-11-9(13)12-16(14,15)8-5-3-4-7(10)6-8;7-5-2-1-3-6(4-5)11(8,9)10/h3-6H,2H2,1H3,(H2,11,12,13);1-4H,(H2,8,9,10). The second-order valence-corrected chi connectivity index (χ2v) is 10.00. The molecule has 0 fully saturated rings. The second kappa shape index (κ2) is 10.2. The summed E-state index contributed by atoms with van der Waals surface area (Å²) in [5, 5.41) is 7.22. The van der Waals surface area contributed by atoms with Crippen LogP contribution < -0.4 is 15.2 Å². The zero-order valence-corrected chi connectivity index (χ0v) is 18.8. The molecule has 12 heteroatoms. The highest BCUT2D eigenvalue weighted by atomic mass is 79.9. The summed E-state index contributed by atoms with van der Waals surface area (Å²) in [6.45, 7) is 2.06. The van der Waals surface area contributed by atoms with Crippen LogP contribution in [0.4, 0.5) is 4.79 Å². The van der Waals surface area contributed by atoms with Crippen molar-refractivity contribution >= 4 is 57.9 Å². The van der Waals surface area contributed by atoms with Crippen LogP contribution in [0.15, 0.2) is 67.3 Å². The van der Waals surface area contributed by atoms with Gasteiger partial charge in [-0.1, -0.05) is 44.0 Å². The van der Waals surface area contributed by atoms with E-state index < -0.39 is 26.1 Å². The lowest BCUT2D eigenvalue weighted by atomic mass is 10.4. The van der Waals surface area contributed by atoms with Gasteiger partial charge in [0.1, 0.15) is 0 Å². The van der Waals surface area contributed by atoms with Gasteiger partial charge in [0.2, 0.25) is 10.0 Å². The molecule has 0 atom stereocenters. The molecule has 8 nitrogen and oxygen atoms in total. The normalized spacial score (nSPS) is 11.1. The van der Waals surface area contributed by atoms with Gasteiger partial charge in [0, 0.05) is 15.5 Å². The highest BCUT2D eigenvalue weighted by Crippen LogP contribution is 2.16. The SMILES string of the molecule is CCNC(=O)NS(=O)(=O)c1cccc(Br)c1.NS(=O)(=O)c1cccc(Br)c1. The van der Waals surface area contributed by atoms with Crippen LogP contribution in [0.3, 0.4) is 0 Å². The molecule has 4 N–H and O–H groups in total. The van der Waals surface area contributed by atoms with Crippen molar-refractivity contribution in [1.82, 2.24) is 10.0 Å². The van der Waals surface area contributed by atoms with Crippen LogP contribution in [0.25, 0.3) is 0 Å². The van der Waals surface area contributed by atoms with Crippen molar-refractivity contribution in [1.29, 1.82) is 0 Å². The number of sulfonamides is 2. The van der Waals surface area contributed by atoms with Gasteiger partial charge in [-0.3, -0.25) is 0 Å². The Hall–Kier alpha value is -1.47. The number of nitrogens with two attached hydrogens (primary N) is 1.